The smallest absolute Gasteiger partial charge is 0.266 e. The minimum absolute atomic E-state index is 0. The Morgan fingerprint density at radius 3 is 2.59 bits per heavy atom. The topological polar surface area (TPSA) is 60.9 Å². The van der Waals surface area contributed by atoms with Crippen LogP contribution in [0.15, 0.2) is 36.4 Å². The number of aryl methyl sites for hydroxylation is 1. The lowest BCUT2D eigenvalue weighted by Crippen LogP contribution is -2.18. The number of rotatable bonds is 3. The van der Waals surface area contributed by atoms with E-state index < -0.39 is 5.91 Å². The van der Waals surface area contributed by atoms with Crippen LogP contribution in [0.4, 0.5) is 0 Å². The average molecular weight is 252 g/mol. The molecule has 0 aliphatic heterocycles. The average Bonchev–Trinajstić information content (AvgIpc) is 2.61. The molecule has 2 aromatic rings. The van der Waals surface area contributed by atoms with Gasteiger partial charge in [0.1, 0.15) is 5.69 Å². The Bertz CT molecular complexity index is 508. The van der Waals surface area contributed by atoms with Gasteiger partial charge in [0.25, 0.3) is 5.91 Å². The first-order chi connectivity index (χ1) is 7.66. The zero-order valence-corrected chi connectivity index (χ0v) is 10.3. The van der Waals surface area contributed by atoms with E-state index in [-0.39, 0.29) is 12.4 Å². The number of nitrogens with zero attached hydrogens (tertiary/aromatic N) is 2. The van der Waals surface area contributed by atoms with E-state index in [0.717, 1.165) is 11.3 Å². The highest BCUT2D eigenvalue weighted by molar-refractivity contribution is 5.91. The molecule has 0 bridgehead atoms. The molecule has 90 valence electrons. The molecule has 0 atom stereocenters. The first-order valence-electron chi connectivity index (χ1n) is 5.05. The molecule has 1 aromatic carbocycles. The zero-order chi connectivity index (χ0) is 11.5. The van der Waals surface area contributed by atoms with Crippen molar-refractivity contribution in [3.63, 3.8) is 0 Å². The summed E-state index contributed by atoms with van der Waals surface area (Å²) in [5.41, 5.74) is 7.61. The number of amides is 1. The number of halogens is 1. The van der Waals surface area contributed by atoms with Crippen LogP contribution in [0.5, 0.6) is 0 Å². The molecule has 0 aliphatic rings. The van der Waals surface area contributed by atoms with Crippen molar-refractivity contribution in [1.82, 2.24) is 9.78 Å². The number of hydrogen-bond acceptors (Lipinski definition) is 2. The highest BCUT2D eigenvalue weighted by Crippen LogP contribution is 2.07. The van der Waals surface area contributed by atoms with Gasteiger partial charge < -0.3 is 5.73 Å². The molecule has 4 nitrogen and oxygen atoms in total. The summed E-state index contributed by atoms with van der Waals surface area (Å²) in [6, 6.07) is 11.5. The van der Waals surface area contributed by atoms with Crippen LogP contribution >= 0.6 is 12.4 Å². The van der Waals surface area contributed by atoms with Gasteiger partial charge in [-0.15, -0.1) is 12.4 Å². The van der Waals surface area contributed by atoms with E-state index in [1.54, 1.807) is 10.7 Å². The van der Waals surface area contributed by atoms with Gasteiger partial charge in [0.2, 0.25) is 0 Å². The van der Waals surface area contributed by atoms with Crippen LogP contribution in [0.1, 0.15) is 21.7 Å². The summed E-state index contributed by atoms with van der Waals surface area (Å²) in [4.78, 5) is 11.2. The SMILES string of the molecule is Cc1cc(C(N)=O)n(Cc2ccccc2)n1.Cl. The monoisotopic (exact) mass is 251 g/mol. The van der Waals surface area contributed by atoms with Gasteiger partial charge >= 0.3 is 0 Å². The van der Waals surface area contributed by atoms with Gasteiger partial charge in [0.15, 0.2) is 0 Å². The Kier molecular flexibility index (Phi) is 4.29. The predicted octanol–water partition coefficient (Wildman–Crippen LogP) is 1.76. The molecule has 0 fully saturated rings. The summed E-state index contributed by atoms with van der Waals surface area (Å²) in [6.45, 7) is 2.40. The maximum absolute atomic E-state index is 11.2. The third-order valence-electron chi connectivity index (χ3n) is 2.33. The van der Waals surface area contributed by atoms with Gasteiger partial charge in [-0.2, -0.15) is 5.10 Å². The minimum Gasteiger partial charge on any atom is -0.364 e. The van der Waals surface area contributed by atoms with E-state index in [9.17, 15) is 4.79 Å². The molecular formula is C12H14ClN3O. The molecule has 0 radical (unpaired) electrons. The van der Waals surface area contributed by atoms with Gasteiger partial charge in [0, 0.05) is 0 Å². The van der Waals surface area contributed by atoms with E-state index in [1.165, 1.54) is 0 Å². The van der Waals surface area contributed by atoms with E-state index in [4.69, 9.17) is 5.73 Å². The first-order valence-corrected chi connectivity index (χ1v) is 5.05. The van der Waals surface area contributed by atoms with E-state index >= 15 is 0 Å². The Morgan fingerprint density at radius 2 is 2.00 bits per heavy atom. The van der Waals surface area contributed by atoms with Crippen molar-refractivity contribution >= 4 is 18.3 Å². The summed E-state index contributed by atoms with van der Waals surface area (Å²) in [7, 11) is 0. The molecule has 0 saturated heterocycles. The standard InChI is InChI=1S/C12H13N3O.ClH/c1-9-7-11(12(13)16)15(14-9)8-10-5-3-2-4-6-10;/h2-7H,8H2,1H3,(H2,13,16);1H. The Balaban J connectivity index is 0.00000144. The highest BCUT2D eigenvalue weighted by Gasteiger charge is 2.10. The summed E-state index contributed by atoms with van der Waals surface area (Å²) in [5, 5.41) is 4.24. The van der Waals surface area contributed by atoms with Crippen molar-refractivity contribution in [2.45, 2.75) is 13.5 Å². The molecule has 1 amide bonds. The molecule has 2 N–H and O–H groups in total. The molecule has 0 unspecified atom stereocenters. The molecule has 5 heteroatoms. The number of benzene rings is 1. The number of nitrogens with two attached hydrogens (primary N) is 1. The van der Waals surface area contributed by atoms with Crippen LogP contribution < -0.4 is 5.73 Å². The first kappa shape index (κ1) is 13.3. The van der Waals surface area contributed by atoms with E-state index in [1.807, 2.05) is 37.3 Å². The molecule has 1 heterocycles. The zero-order valence-electron chi connectivity index (χ0n) is 9.46. The van der Waals surface area contributed by atoms with Crippen LogP contribution in [0.2, 0.25) is 0 Å². The van der Waals surface area contributed by atoms with Crippen LogP contribution in [0.25, 0.3) is 0 Å². The van der Waals surface area contributed by atoms with Gasteiger partial charge in [-0.25, -0.2) is 0 Å². The fourth-order valence-electron chi connectivity index (χ4n) is 1.62. The largest absolute Gasteiger partial charge is 0.364 e. The van der Waals surface area contributed by atoms with Crippen molar-refractivity contribution in [2.75, 3.05) is 0 Å². The lowest BCUT2D eigenvalue weighted by molar-refractivity contribution is 0.0990. The lowest BCUT2D eigenvalue weighted by atomic mass is 10.2. The van der Waals surface area contributed by atoms with Gasteiger partial charge in [-0.05, 0) is 18.6 Å². The maximum Gasteiger partial charge on any atom is 0.266 e. The minimum atomic E-state index is -0.448. The quantitative estimate of drug-likeness (QED) is 0.904. The van der Waals surface area contributed by atoms with Crippen molar-refractivity contribution < 1.29 is 4.79 Å². The fourth-order valence-corrected chi connectivity index (χ4v) is 1.62. The third kappa shape index (κ3) is 3.07. The Morgan fingerprint density at radius 1 is 1.35 bits per heavy atom. The second kappa shape index (κ2) is 5.50. The molecule has 0 spiro atoms. The van der Waals surface area contributed by atoms with Crippen LogP contribution in [0.3, 0.4) is 0 Å². The number of carbonyl (C=O) groups excluding carboxylic acids is 1. The van der Waals surface area contributed by atoms with Crippen molar-refractivity contribution in [2.24, 2.45) is 5.73 Å². The lowest BCUT2D eigenvalue weighted by Gasteiger charge is -2.04. The second-order valence-electron chi connectivity index (χ2n) is 3.68. The van der Waals surface area contributed by atoms with Crippen LogP contribution in [-0.2, 0) is 6.54 Å². The van der Waals surface area contributed by atoms with Crippen molar-refractivity contribution in [3.05, 3.63) is 53.3 Å². The van der Waals surface area contributed by atoms with Crippen LogP contribution in [-0.4, -0.2) is 15.7 Å². The van der Waals surface area contributed by atoms with Crippen LogP contribution in [0, 0.1) is 6.92 Å². The molecule has 1 aromatic heterocycles. The van der Waals surface area contributed by atoms with E-state index in [2.05, 4.69) is 5.10 Å². The summed E-state index contributed by atoms with van der Waals surface area (Å²) in [6.07, 6.45) is 0. The van der Waals surface area contributed by atoms with Gasteiger partial charge in [-0.3, -0.25) is 9.48 Å². The number of hydrogen-bond donors (Lipinski definition) is 1. The number of aromatic nitrogens is 2. The van der Waals surface area contributed by atoms with Crippen molar-refractivity contribution in [3.8, 4) is 0 Å². The van der Waals surface area contributed by atoms with E-state index in [0.29, 0.717) is 12.2 Å². The molecular weight excluding hydrogens is 238 g/mol. The molecule has 0 saturated carbocycles. The fraction of sp³-hybridized carbons (Fsp3) is 0.167. The van der Waals surface area contributed by atoms with Crippen molar-refractivity contribution in [1.29, 1.82) is 0 Å². The predicted molar refractivity (Wildman–Crippen MR) is 68.3 cm³/mol. The number of primary amides is 1. The molecule has 0 aliphatic carbocycles. The third-order valence-corrected chi connectivity index (χ3v) is 2.33. The Labute approximate surface area is 106 Å². The van der Waals surface area contributed by atoms with Gasteiger partial charge in [-0.1, -0.05) is 30.3 Å². The summed E-state index contributed by atoms with van der Waals surface area (Å²) in [5.74, 6) is -0.448. The maximum atomic E-state index is 11.2. The second-order valence-corrected chi connectivity index (χ2v) is 3.68. The highest BCUT2D eigenvalue weighted by atomic mass is 35.5. The van der Waals surface area contributed by atoms with Gasteiger partial charge in [0.05, 0.1) is 12.2 Å². The summed E-state index contributed by atoms with van der Waals surface area (Å²) >= 11 is 0. The Hall–Kier alpha value is -1.81. The normalized spacial score (nSPS) is 9.71. The summed E-state index contributed by atoms with van der Waals surface area (Å²) < 4.78 is 1.63. The molecule has 2 rings (SSSR count). The number of carbonyl (C=O) groups is 1. The molecule has 17 heavy (non-hydrogen) atoms.